The molecule has 0 atom stereocenters. The van der Waals surface area contributed by atoms with Crippen LogP contribution in [0, 0.1) is 0 Å². The first-order valence-corrected chi connectivity index (χ1v) is 10.6. The number of nitrogens with zero attached hydrogens (tertiary/aromatic N) is 1. The Balaban J connectivity index is 0.00000124. The highest BCUT2D eigenvalue weighted by Gasteiger charge is 2.12. The van der Waals surface area contributed by atoms with Gasteiger partial charge in [-0.05, 0) is 54.1 Å². The summed E-state index contributed by atoms with van der Waals surface area (Å²) in [7, 11) is 0. The Morgan fingerprint density at radius 1 is 0.900 bits per heavy atom. The van der Waals surface area contributed by atoms with E-state index in [0.717, 1.165) is 38.7 Å². The number of aromatic nitrogens is 1. The van der Waals surface area contributed by atoms with Crippen molar-refractivity contribution in [3.63, 3.8) is 0 Å². The third kappa shape index (κ3) is 4.75. The average Bonchev–Trinajstić information content (AvgIpc) is 3.08. The molecular formula is C22H22Cl3N5. The van der Waals surface area contributed by atoms with Crippen molar-refractivity contribution in [3.8, 4) is 0 Å². The van der Waals surface area contributed by atoms with Crippen molar-refractivity contribution in [3.05, 3.63) is 69.2 Å². The van der Waals surface area contributed by atoms with Gasteiger partial charge in [-0.3, -0.25) is 0 Å². The molecule has 0 saturated carbocycles. The molecule has 0 saturated heterocycles. The summed E-state index contributed by atoms with van der Waals surface area (Å²) in [5.74, 6) is 0.0372. The normalized spacial score (nSPS) is 10.6. The summed E-state index contributed by atoms with van der Waals surface area (Å²) in [5.41, 5.74) is 15.6. The Hall–Kier alpha value is -2.60. The van der Waals surface area contributed by atoms with Crippen molar-refractivity contribution >= 4 is 73.9 Å². The Labute approximate surface area is 190 Å². The van der Waals surface area contributed by atoms with E-state index < -0.39 is 0 Å². The van der Waals surface area contributed by atoms with Crippen molar-refractivity contribution in [1.82, 2.24) is 4.98 Å². The van der Waals surface area contributed by atoms with Crippen molar-refractivity contribution in [2.45, 2.75) is 20.4 Å². The Kier molecular flexibility index (Phi) is 6.98. The maximum Gasteiger partial charge on any atom is 0.186 e. The molecule has 30 heavy (non-hydrogen) atoms. The standard InChI is InChI=1S/C20H16Cl3N5.C2H6/c21-11-1-4-18-14(6-11)15-7-13(27-12-2-3-16(22)17(23)8-12)5-10(19(15)28-18)9-26-20(24)25;1-2/h1-8,27-28H,9H2,(H4,24,25,26);1-2H3. The van der Waals surface area contributed by atoms with Crippen LogP contribution in [0.25, 0.3) is 21.8 Å². The number of nitrogens with one attached hydrogen (secondary N) is 2. The van der Waals surface area contributed by atoms with Crippen LogP contribution in [0.2, 0.25) is 15.1 Å². The quantitative estimate of drug-likeness (QED) is 0.198. The van der Waals surface area contributed by atoms with Gasteiger partial charge in [-0.1, -0.05) is 48.7 Å². The van der Waals surface area contributed by atoms with Crippen LogP contribution in [0.15, 0.2) is 53.5 Å². The lowest BCUT2D eigenvalue weighted by molar-refractivity contribution is 1.06. The number of hydrogen-bond acceptors (Lipinski definition) is 2. The first-order chi connectivity index (χ1) is 14.4. The molecule has 0 aliphatic carbocycles. The summed E-state index contributed by atoms with van der Waals surface area (Å²) < 4.78 is 0. The van der Waals surface area contributed by atoms with Gasteiger partial charge in [0.15, 0.2) is 5.96 Å². The second-order valence-corrected chi connectivity index (χ2v) is 7.62. The largest absolute Gasteiger partial charge is 0.370 e. The molecule has 5 nitrogen and oxygen atoms in total. The first-order valence-electron chi connectivity index (χ1n) is 9.42. The molecule has 0 radical (unpaired) electrons. The van der Waals surface area contributed by atoms with Crippen LogP contribution in [0.3, 0.4) is 0 Å². The number of aliphatic imine (C=N–C) groups is 1. The number of benzene rings is 3. The van der Waals surface area contributed by atoms with Gasteiger partial charge in [-0.2, -0.15) is 0 Å². The van der Waals surface area contributed by atoms with Gasteiger partial charge in [0, 0.05) is 32.7 Å². The van der Waals surface area contributed by atoms with Crippen molar-refractivity contribution in [2.75, 3.05) is 5.32 Å². The van der Waals surface area contributed by atoms with Crippen LogP contribution in [0.5, 0.6) is 0 Å². The van der Waals surface area contributed by atoms with E-state index in [1.807, 2.05) is 50.2 Å². The SMILES string of the molecule is CC.NC(N)=NCc1cc(Nc2ccc(Cl)c(Cl)c2)cc2c1[nH]c1ccc(Cl)cc12. The van der Waals surface area contributed by atoms with Gasteiger partial charge in [0.1, 0.15) is 0 Å². The smallest absolute Gasteiger partial charge is 0.186 e. The van der Waals surface area contributed by atoms with Gasteiger partial charge < -0.3 is 21.8 Å². The zero-order chi connectivity index (χ0) is 21.8. The molecule has 1 aromatic heterocycles. The summed E-state index contributed by atoms with van der Waals surface area (Å²) >= 11 is 18.3. The zero-order valence-electron chi connectivity index (χ0n) is 16.6. The molecule has 4 rings (SSSR count). The molecule has 8 heteroatoms. The highest BCUT2D eigenvalue weighted by molar-refractivity contribution is 6.42. The van der Waals surface area contributed by atoms with Crippen LogP contribution in [-0.2, 0) is 6.54 Å². The summed E-state index contributed by atoms with van der Waals surface area (Å²) in [6.07, 6.45) is 0. The molecule has 1 heterocycles. The number of anilines is 2. The van der Waals surface area contributed by atoms with Gasteiger partial charge >= 0.3 is 0 Å². The molecular weight excluding hydrogens is 441 g/mol. The fraction of sp³-hybridized carbons (Fsp3) is 0.136. The Morgan fingerprint density at radius 3 is 2.37 bits per heavy atom. The van der Waals surface area contributed by atoms with Crippen molar-refractivity contribution < 1.29 is 0 Å². The molecule has 6 N–H and O–H groups in total. The number of nitrogens with two attached hydrogens (primary N) is 2. The lowest BCUT2D eigenvalue weighted by atomic mass is 10.1. The molecule has 0 bridgehead atoms. The lowest BCUT2D eigenvalue weighted by Crippen LogP contribution is -2.22. The van der Waals surface area contributed by atoms with E-state index in [2.05, 4.69) is 15.3 Å². The molecule has 0 aliphatic heterocycles. The van der Waals surface area contributed by atoms with E-state index in [9.17, 15) is 0 Å². The van der Waals surface area contributed by atoms with Gasteiger partial charge in [0.2, 0.25) is 0 Å². The molecule has 0 spiro atoms. The van der Waals surface area contributed by atoms with E-state index in [4.69, 9.17) is 46.3 Å². The van der Waals surface area contributed by atoms with Crippen LogP contribution in [0.4, 0.5) is 11.4 Å². The fourth-order valence-corrected chi connectivity index (χ4v) is 3.63. The van der Waals surface area contributed by atoms with Gasteiger partial charge in [-0.15, -0.1) is 0 Å². The van der Waals surface area contributed by atoms with Crippen LogP contribution >= 0.6 is 34.8 Å². The summed E-state index contributed by atoms with van der Waals surface area (Å²) in [6, 6.07) is 15.2. The monoisotopic (exact) mass is 461 g/mol. The Bertz CT molecular complexity index is 1230. The van der Waals surface area contributed by atoms with Crippen molar-refractivity contribution in [1.29, 1.82) is 0 Å². The highest BCUT2D eigenvalue weighted by Crippen LogP contribution is 2.34. The number of halogens is 3. The van der Waals surface area contributed by atoms with Crippen LogP contribution in [0.1, 0.15) is 19.4 Å². The molecule has 0 aliphatic rings. The summed E-state index contributed by atoms with van der Waals surface area (Å²) in [4.78, 5) is 7.60. The number of fused-ring (bicyclic) bond motifs is 3. The molecule has 4 aromatic rings. The molecule has 0 unspecified atom stereocenters. The van der Waals surface area contributed by atoms with Crippen molar-refractivity contribution in [2.24, 2.45) is 16.5 Å². The third-order valence-electron chi connectivity index (χ3n) is 4.39. The molecule has 0 fully saturated rings. The second-order valence-electron chi connectivity index (χ2n) is 6.37. The van der Waals surface area contributed by atoms with Crippen LogP contribution < -0.4 is 16.8 Å². The van der Waals surface area contributed by atoms with E-state index >= 15 is 0 Å². The number of hydrogen-bond donors (Lipinski definition) is 4. The predicted molar refractivity (Wildman–Crippen MR) is 131 cm³/mol. The van der Waals surface area contributed by atoms with Gasteiger partial charge in [0.25, 0.3) is 0 Å². The average molecular weight is 463 g/mol. The number of aromatic amines is 1. The van der Waals surface area contributed by atoms with E-state index in [1.54, 1.807) is 12.1 Å². The van der Waals surface area contributed by atoms with E-state index in [1.165, 1.54) is 0 Å². The van der Waals surface area contributed by atoms with Gasteiger partial charge in [0.05, 0.1) is 22.1 Å². The number of rotatable bonds is 4. The lowest BCUT2D eigenvalue weighted by Gasteiger charge is -2.10. The highest BCUT2D eigenvalue weighted by atomic mass is 35.5. The summed E-state index contributed by atoms with van der Waals surface area (Å²) in [5, 5.41) is 7.05. The molecule has 3 aromatic carbocycles. The number of guanidine groups is 1. The minimum absolute atomic E-state index is 0.0372. The zero-order valence-corrected chi connectivity index (χ0v) is 18.8. The molecule has 0 amide bonds. The van der Waals surface area contributed by atoms with E-state index in [-0.39, 0.29) is 5.96 Å². The first kappa shape index (κ1) is 22.1. The van der Waals surface area contributed by atoms with E-state index in [0.29, 0.717) is 21.6 Å². The summed E-state index contributed by atoms with van der Waals surface area (Å²) in [6.45, 7) is 4.34. The predicted octanol–water partition coefficient (Wildman–Crippen LogP) is 6.82. The maximum absolute atomic E-state index is 6.21. The number of H-pyrrole nitrogens is 1. The minimum atomic E-state index is 0.0372. The second kappa shape index (κ2) is 9.47. The minimum Gasteiger partial charge on any atom is -0.370 e. The third-order valence-corrected chi connectivity index (χ3v) is 5.37. The maximum atomic E-state index is 6.21. The van der Waals surface area contributed by atoms with Gasteiger partial charge in [-0.25, -0.2) is 4.99 Å². The fourth-order valence-electron chi connectivity index (χ4n) is 3.16. The van der Waals surface area contributed by atoms with Crippen LogP contribution in [-0.4, -0.2) is 10.9 Å². The molecule has 156 valence electrons. The topological polar surface area (TPSA) is 92.2 Å². The Morgan fingerprint density at radius 2 is 1.67 bits per heavy atom.